The smallest absolute Gasteiger partial charge is 0.192 e. The van der Waals surface area contributed by atoms with Gasteiger partial charge in [-0.3, -0.25) is 4.99 Å². The van der Waals surface area contributed by atoms with Gasteiger partial charge in [-0.25, -0.2) is 0 Å². The molecule has 54 valence electrons. The van der Waals surface area contributed by atoms with Crippen molar-refractivity contribution in [3.05, 3.63) is 24.4 Å². The summed E-state index contributed by atoms with van der Waals surface area (Å²) in [5, 5.41) is 4.60. The fraction of sp³-hybridized carbons (Fsp3) is 0. The zero-order chi connectivity index (χ0) is 7.68. The molecule has 0 spiro atoms. The summed E-state index contributed by atoms with van der Waals surface area (Å²) in [6, 6.07) is 5.64. The van der Waals surface area contributed by atoms with E-state index >= 15 is 0 Å². The highest BCUT2D eigenvalue weighted by atomic mass is 16.5. The second-order valence-electron chi connectivity index (χ2n) is 2.18. The Hall–Kier alpha value is -1.64. The maximum Gasteiger partial charge on any atom is 0.192 e. The summed E-state index contributed by atoms with van der Waals surface area (Å²) >= 11 is 0. The molecule has 0 amide bonds. The molecule has 0 bridgehead atoms. The molecule has 0 atom stereocenters. The van der Waals surface area contributed by atoms with Crippen LogP contribution in [0.25, 0.3) is 11.0 Å². The first-order valence-corrected chi connectivity index (χ1v) is 3.22. The predicted octanol–water partition coefficient (Wildman–Crippen LogP) is 2.16. The Bertz CT molecular complexity index is 392. The SMILES string of the molecule is C=Nc1cccc2cnoc12. The molecule has 1 aromatic heterocycles. The van der Waals surface area contributed by atoms with E-state index in [4.69, 9.17) is 4.52 Å². The third-order valence-electron chi connectivity index (χ3n) is 1.53. The van der Waals surface area contributed by atoms with Crippen molar-refractivity contribution in [2.24, 2.45) is 4.99 Å². The summed E-state index contributed by atoms with van der Waals surface area (Å²) in [5.74, 6) is 0. The standard InChI is InChI=1S/C8H6N2O/c1-9-7-4-2-3-6-5-10-11-8(6)7/h2-5H,1H2. The van der Waals surface area contributed by atoms with Gasteiger partial charge in [-0.15, -0.1) is 0 Å². The van der Waals surface area contributed by atoms with Crippen LogP contribution in [-0.2, 0) is 0 Å². The molecule has 0 saturated carbocycles. The number of rotatable bonds is 1. The molecule has 3 nitrogen and oxygen atoms in total. The zero-order valence-electron chi connectivity index (χ0n) is 5.82. The molecule has 0 aliphatic carbocycles. The maximum absolute atomic E-state index is 4.96. The fourth-order valence-corrected chi connectivity index (χ4v) is 1.00. The van der Waals surface area contributed by atoms with Gasteiger partial charge in [0.1, 0.15) is 5.69 Å². The predicted molar refractivity (Wildman–Crippen MR) is 43.2 cm³/mol. The van der Waals surface area contributed by atoms with E-state index in [0.717, 1.165) is 11.1 Å². The molecule has 0 saturated heterocycles. The van der Waals surface area contributed by atoms with Crippen molar-refractivity contribution < 1.29 is 4.52 Å². The molecule has 2 aromatic rings. The lowest BCUT2D eigenvalue weighted by molar-refractivity contribution is 0.457. The highest BCUT2D eigenvalue weighted by Crippen LogP contribution is 2.24. The van der Waals surface area contributed by atoms with Crippen LogP contribution in [0.5, 0.6) is 0 Å². The Morgan fingerprint density at radius 1 is 1.45 bits per heavy atom. The first kappa shape index (κ1) is 6.09. The topological polar surface area (TPSA) is 38.4 Å². The largest absolute Gasteiger partial charge is 0.354 e. The first-order chi connectivity index (χ1) is 5.42. The van der Waals surface area contributed by atoms with Crippen LogP contribution < -0.4 is 0 Å². The van der Waals surface area contributed by atoms with Crippen LogP contribution in [0.15, 0.2) is 33.9 Å². The number of nitrogens with zero attached hydrogens (tertiary/aromatic N) is 2. The molecule has 2 rings (SSSR count). The Kier molecular flexibility index (Phi) is 1.22. The molecule has 0 radical (unpaired) electrons. The van der Waals surface area contributed by atoms with Crippen molar-refractivity contribution in [3.63, 3.8) is 0 Å². The number of aliphatic imine (C=N–C) groups is 1. The summed E-state index contributed by atoms with van der Waals surface area (Å²) in [5.41, 5.74) is 1.43. The first-order valence-electron chi connectivity index (χ1n) is 3.22. The molecular formula is C8H6N2O. The highest BCUT2D eigenvalue weighted by molar-refractivity contribution is 5.87. The number of benzene rings is 1. The van der Waals surface area contributed by atoms with Crippen LogP contribution in [0.1, 0.15) is 0 Å². The lowest BCUT2D eigenvalue weighted by atomic mass is 10.2. The number of aromatic nitrogens is 1. The fourth-order valence-electron chi connectivity index (χ4n) is 1.00. The van der Waals surface area contributed by atoms with Gasteiger partial charge >= 0.3 is 0 Å². The van der Waals surface area contributed by atoms with E-state index in [1.165, 1.54) is 0 Å². The van der Waals surface area contributed by atoms with Gasteiger partial charge < -0.3 is 4.52 Å². The molecule has 1 aromatic carbocycles. The average molecular weight is 146 g/mol. The van der Waals surface area contributed by atoms with Crippen LogP contribution in [-0.4, -0.2) is 11.9 Å². The minimum absolute atomic E-state index is 0.697. The van der Waals surface area contributed by atoms with Crippen LogP contribution in [0.3, 0.4) is 0 Å². The van der Waals surface area contributed by atoms with E-state index < -0.39 is 0 Å². The molecular weight excluding hydrogens is 140 g/mol. The van der Waals surface area contributed by atoms with Crippen molar-refractivity contribution in [2.75, 3.05) is 0 Å². The van der Waals surface area contributed by atoms with Gasteiger partial charge in [-0.1, -0.05) is 11.2 Å². The summed E-state index contributed by atoms with van der Waals surface area (Å²) < 4.78 is 4.96. The van der Waals surface area contributed by atoms with Gasteiger partial charge in [0, 0.05) is 5.39 Å². The van der Waals surface area contributed by atoms with Gasteiger partial charge in [-0.05, 0) is 18.9 Å². The van der Waals surface area contributed by atoms with E-state index in [0.29, 0.717) is 5.58 Å². The van der Waals surface area contributed by atoms with E-state index in [2.05, 4.69) is 16.9 Å². The zero-order valence-corrected chi connectivity index (χ0v) is 5.82. The quantitative estimate of drug-likeness (QED) is 0.578. The number of fused-ring (bicyclic) bond motifs is 1. The third kappa shape index (κ3) is 0.816. The van der Waals surface area contributed by atoms with E-state index in [-0.39, 0.29) is 0 Å². The molecule has 3 heteroatoms. The Balaban J connectivity index is 2.88. The summed E-state index contributed by atoms with van der Waals surface area (Å²) in [6.07, 6.45) is 1.66. The summed E-state index contributed by atoms with van der Waals surface area (Å²) in [4.78, 5) is 3.79. The molecule has 0 fully saturated rings. The summed E-state index contributed by atoms with van der Waals surface area (Å²) in [7, 11) is 0. The van der Waals surface area contributed by atoms with E-state index in [9.17, 15) is 0 Å². The van der Waals surface area contributed by atoms with Crippen molar-refractivity contribution in [1.82, 2.24) is 5.16 Å². The van der Waals surface area contributed by atoms with E-state index in [1.54, 1.807) is 6.20 Å². The maximum atomic E-state index is 4.96. The van der Waals surface area contributed by atoms with E-state index in [1.807, 2.05) is 18.2 Å². The van der Waals surface area contributed by atoms with Gasteiger partial charge in [0.25, 0.3) is 0 Å². The Labute approximate surface area is 63.3 Å². The Morgan fingerprint density at radius 2 is 2.36 bits per heavy atom. The average Bonchev–Trinajstić information content (AvgIpc) is 2.50. The number of hydrogen-bond donors (Lipinski definition) is 0. The van der Waals surface area contributed by atoms with Gasteiger partial charge in [0.05, 0.1) is 6.20 Å². The van der Waals surface area contributed by atoms with Gasteiger partial charge in [0.15, 0.2) is 5.58 Å². The minimum atomic E-state index is 0.697. The molecule has 11 heavy (non-hydrogen) atoms. The second kappa shape index (κ2) is 2.20. The summed E-state index contributed by atoms with van der Waals surface area (Å²) in [6.45, 7) is 3.42. The lowest BCUT2D eigenvalue weighted by Crippen LogP contribution is -1.64. The van der Waals surface area contributed by atoms with Crippen molar-refractivity contribution in [1.29, 1.82) is 0 Å². The molecule has 0 aliphatic rings. The number of hydrogen-bond acceptors (Lipinski definition) is 3. The lowest BCUT2D eigenvalue weighted by Gasteiger charge is -1.89. The van der Waals surface area contributed by atoms with Crippen molar-refractivity contribution >= 4 is 23.4 Å². The normalized spacial score (nSPS) is 10.2. The van der Waals surface area contributed by atoms with Crippen LogP contribution >= 0.6 is 0 Å². The van der Waals surface area contributed by atoms with Crippen molar-refractivity contribution in [3.8, 4) is 0 Å². The Morgan fingerprint density at radius 3 is 3.18 bits per heavy atom. The molecule has 0 aliphatic heterocycles. The molecule has 1 heterocycles. The van der Waals surface area contributed by atoms with Crippen LogP contribution in [0.4, 0.5) is 5.69 Å². The minimum Gasteiger partial charge on any atom is -0.354 e. The highest BCUT2D eigenvalue weighted by Gasteiger charge is 2.01. The number of para-hydroxylation sites is 1. The van der Waals surface area contributed by atoms with Crippen LogP contribution in [0, 0.1) is 0 Å². The third-order valence-corrected chi connectivity index (χ3v) is 1.53. The second-order valence-corrected chi connectivity index (χ2v) is 2.18. The monoisotopic (exact) mass is 146 g/mol. The van der Waals surface area contributed by atoms with Crippen LogP contribution in [0.2, 0.25) is 0 Å². The van der Waals surface area contributed by atoms with Gasteiger partial charge in [-0.2, -0.15) is 0 Å². The van der Waals surface area contributed by atoms with Crippen molar-refractivity contribution in [2.45, 2.75) is 0 Å². The molecule has 0 N–H and O–H groups in total. The van der Waals surface area contributed by atoms with Gasteiger partial charge in [0.2, 0.25) is 0 Å². The molecule has 0 unspecified atom stereocenters.